The Balaban J connectivity index is 1.67. The van der Waals surface area contributed by atoms with E-state index < -0.39 is 0 Å². The Labute approximate surface area is 120 Å². The number of nitrogens with two attached hydrogens (primary N) is 1. The topological polar surface area (TPSA) is 47.1 Å². The van der Waals surface area contributed by atoms with Crippen LogP contribution in [0.2, 0.25) is 0 Å². The molecule has 20 heavy (non-hydrogen) atoms. The molecular weight excluding hydrogens is 248 g/mol. The van der Waals surface area contributed by atoms with Crippen LogP contribution in [0.3, 0.4) is 0 Å². The molecule has 1 atom stereocenters. The highest BCUT2D eigenvalue weighted by atomic mass is 15.3. The minimum Gasteiger partial charge on any atom is -0.330 e. The number of hydrogen-bond acceptors (Lipinski definition) is 3. The molecule has 1 fully saturated rings. The molecule has 0 radical (unpaired) electrons. The van der Waals surface area contributed by atoms with Crippen molar-refractivity contribution in [3.05, 3.63) is 48.3 Å². The molecule has 1 unspecified atom stereocenters. The van der Waals surface area contributed by atoms with Crippen molar-refractivity contribution in [2.75, 3.05) is 19.6 Å². The van der Waals surface area contributed by atoms with Gasteiger partial charge in [-0.3, -0.25) is 4.90 Å². The first-order valence-electron chi connectivity index (χ1n) is 7.21. The predicted octanol–water partition coefficient (Wildman–Crippen LogP) is 2.04. The van der Waals surface area contributed by atoms with Crippen molar-refractivity contribution in [2.45, 2.75) is 19.9 Å². The van der Waals surface area contributed by atoms with Crippen molar-refractivity contribution in [3.63, 3.8) is 0 Å². The van der Waals surface area contributed by atoms with Gasteiger partial charge in [0.1, 0.15) is 0 Å². The summed E-state index contributed by atoms with van der Waals surface area (Å²) < 4.78 is 1.94. The van der Waals surface area contributed by atoms with Gasteiger partial charge in [-0.05, 0) is 43.1 Å². The van der Waals surface area contributed by atoms with E-state index in [1.165, 1.54) is 6.42 Å². The second-order valence-corrected chi connectivity index (χ2v) is 6.06. The van der Waals surface area contributed by atoms with E-state index in [4.69, 9.17) is 5.73 Å². The second kappa shape index (κ2) is 5.38. The van der Waals surface area contributed by atoms with E-state index in [9.17, 15) is 0 Å². The van der Waals surface area contributed by atoms with Gasteiger partial charge < -0.3 is 5.73 Å². The first kappa shape index (κ1) is 13.3. The Morgan fingerprint density at radius 3 is 2.75 bits per heavy atom. The molecule has 1 aliphatic rings. The maximum Gasteiger partial charge on any atom is 0.0769 e. The molecule has 0 spiro atoms. The van der Waals surface area contributed by atoms with E-state index in [1.54, 1.807) is 0 Å². The zero-order valence-corrected chi connectivity index (χ0v) is 12.0. The van der Waals surface area contributed by atoms with Gasteiger partial charge in [0, 0.05) is 19.3 Å². The van der Waals surface area contributed by atoms with Crippen molar-refractivity contribution >= 4 is 0 Å². The first-order chi connectivity index (χ1) is 9.68. The van der Waals surface area contributed by atoms with Crippen LogP contribution < -0.4 is 5.73 Å². The quantitative estimate of drug-likeness (QED) is 0.925. The Morgan fingerprint density at radius 2 is 2.05 bits per heavy atom. The van der Waals surface area contributed by atoms with Crippen LogP contribution in [0.25, 0.3) is 5.69 Å². The van der Waals surface area contributed by atoms with Gasteiger partial charge in [0.15, 0.2) is 0 Å². The lowest BCUT2D eigenvalue weighted by atomic mass is 9.90. The Bertz CT molecular complexity index is 563. The van der Waals surface area contributed by atoms with Gasteiger partial charge in [0.25, 0.3) is 0 Å². The number of aromatic nitrogens is 2. The smallest absolute Gasteiger partial charge is 0.0769 e. The SMILES string of the molecule is CC1(CN)CCN(Cc2ccn(-c3ccccc3)n2)C1. The normalized spacial score (nSPS) is 23.3. The van der Waals surface area contributed by atoms with Gasteiger partial charge in [-0.25, -0.2) is 4.68 Å². The van der Waals surface area contributed by atoms with Gasteiger partial charge in [-0.2, -0.15) is 5.10 Å². The second-order valence-electron chi connectivity index (χ2n) is 6.06. The number of likely N-dealkylation sites (tertiary alicyclic amines) is 1. The fourth-order valence-electron chi connectivity index (χ4n) is 2.83. The Morgan fingerprint density at radius 1 is 1.25 bits per heavy atom. The number of para-hydroxylation sites is 1. The molecule has 0 bridgehead atoms. The van der Waals surface area contributed by atoms with E-state index in [0.717, 1.165) is 37.6 Å². The van der Waals surface area contributed by atoms with Gasteiger partial charge >= 0.3 is 0 Å². The minimum absolute atomic E-state index is 0.280. The highest BCUT2D eigenvalue weighted by Crippen LogP contribution is 2.29. The fourth-order valence-corrected chi connectivity index (χ4v) is 2.83. The van der Waals surface area contributed by atoms with Gasteiger partial charge in [-0.1, -0.05) is 25.1 Å². The van der Waals surface area contributed by atoms with E-state index in [1.807, 2.05) is 29.1 Å². The highest BCUT2D eigenvalue weighted by Gasteiger charge is 2.32. The monoisotopic (exact) mass is 270 g/mol. The lowest BCUT2D eigenvalue weighted by Gasteiger charge is -2.22. The summed E-state index contributed by atoms with van der Waals surface area (Å²) in [6.07, 6.45) is 3.21. The number of nitrogens with zero attached hydrogens (tertiary/aromatic N) is 3. The third kappa shape index (κ3) is 2.76. The molecule has 4 nitrogen and oxygen atoms in total. The molecule has 2 aromatic rings. The fraction of sp³-hybridized carbons (Fsp3) is 0.438. The van der Waals surface area contributed by atoms with Crippen LogP contribution in [0.1, 0.15) is 19.0 Å². The molecule has 1 aromatic carbocycles. The molecule has 1 aliphatic heterocycles. The number of hydrogen-bond donors (Lipinski definition) is 1. The van der Waals surface area contributed by atoms with Gasteiger partial charge in [-0.15, -0.1) is 0 Å². The molecule has 0 amide bonds. The van der Waals surface area contributed by atoms with E-state index in [0.29, 0.717) is 0 Å². The number of rotatable bonds is 4. The van der Waals surface area contributed by atoms with Crippen molar-refractivity contribution in [1.82, 2.24) is 14.7 Å². The standard InChI is InChI=1S/C16H22N4/c1-16(12-17)8-10-19(13-16)11-14-7-9-20(18-14)15-5-3-2-4-6-15/h2-7,9H,8,10-13,17H2,1H3. The zero-order valence-electron chi connectivity index (χ0n) is 12.0. The van der Waals surface area contributed by atoms with Gasteiger partial charge in [0.05, 0.1) is 11.4 Å². The minimum atomic E-state index is 0.280. The zero-order chi connectivity index (χ0) is 14.0. The summed E-state index contributed by atoms with van der Waals surface area (Å²) >= 11 is 0. The predicted molar refractivity (Wildman–Crippen MR) is 80.6 cm³/mol. The maximum atomic E-state index is 5.86. The summed E-state index contributed by atoms with van der Waals surface area (Å²) in [6, 6.07) is 12.3. The van der Waals surface area contributed by atoms with E-state index >= 15 is 0 Å². The molecule has 1 saturated heterocycles. The van der Waals surface area contributed by atoms with Crippen molar-refractivity contribution in [3.8, 4) is 5.69 Å². The largest absolute Gasteiger partial charge is 0.330 e. The van der Waals surface area contributed by atoms with Crippen LogP contribution in [-0.4, -0.2) is 34.3 Å². The first-order valence-corrected chi connectivity index (χ1v) is 7.21. The average Bonchev–Trinajstić information content (AvgIpc) is 3.08. The molecule has 1 aromatic heterocycles. The van der Waals surface area contributed by atoms with Crippen molar-refractivity contribution < 1.29 is 0 Å². The summed E-state index contributed by atoms with van der Waals surface area (Å²) in [5.74, 6) is 0. The highest BCUT2D eigenvalue weighted by molar-refractivity contribution is 5.30. The summed E-state index contributed by atoms with van der Waals surface area (Å²) in [4.78, 5) is 2.45. The molecule has 4 heteroatoms. The molecule has 2 heterocycles. The molecule has 2 N–H and O–H groups in total. The Hall–Kier alpha value is -1.65. The summed E-state index contributed by atoms with van der Waals surface area (Å²) in [5.41, 5.74) is 8.36. The maximum absolute atomic E-state index is 5.86. The molecular formula is C16H22N4. The van der Waals surface area contributed by atoms with Crippen molar-refractivity contribution in [1.29, 1.82) is 0 Å². The van der Waals surface area contributed by atoms with Crippen LogP contribution in [0, 0.1) is 5.41 Å². The molecule has 3 rings (SSSR count). The lowest BCUT2D eigenvalue weighted by molar-refractivity contribution is 0.271. The van der Waals surface area contributed by atoms with Crippen LogP contribution in [0.15, 0.2) is 42.6 Å². The summed E-state index contributed by atoms with van der Waals surface area (Å²) in [5, 5.41) is 4.66. The van der Waals surface area contributed by atoms with Crippen LogP contribution in [0.5, 0.6) is 0 Å². The Kier molecular flexibility index (Phi) is 3.59. The molecule has 106 valence electrons. The van der Waals surface area contributed by atoms with Crippen LogP contribution >= 0.6 is 0 Å². The van der Waals surface area contributed by atoms with E-state index in [-0.39, 0.29) is 5.41 Å². The summed E-state index contributed by atoms with van der Waals surface area (Å²) in [6.45, 7) is 6.14. The van der Waals surface area contributed by atoms with Gasteiger partial charge in [0.2, 0.25) is 0 Å². The lowest BCUT2D eigenvalue weighted by Crippen LogP contribution is -2.31. The molecule has 0 saturated carbocycles. The third-order valence-electron chi connectivity index (χ3n) is 4.18. The third-order valence-corrected chi connectivity index (χ3v) is 4.18. The van der Waals surface area contributed by atoms with E-state index in [2.05, 4.69) is 35.1 Å². The van der Waals surface area contributed by atoms with Crippen molar-refractivity contribution in [2.24, 2.45) is 11.1 Å². The summed E-state index contributed by atoms with van der Waals surface area (Å²) in [7, 11) is 0. The molecule has 0 aliphatic carbocycles. The van der Waals surface area contributed by atoms with Crippen LogP contribution in [0.4, 0.5) is 0 Å². The van der Waals surface area contributed by atoms with Crippen LogP contribution in [-0.2, 0) is 6.54 Å². The average molecular weight is 270 g/mol. The number of benzene rings is 1.